The van der Waals surface area contributed by atoms with Gasteiger partial charge in [0.1, 0.15) is 5.82 Å². The highest BCUT2D eigenvalue weighted by molar-refractivity contribution is 5.89. The summed E-state index contributed by atoms with van der Waals surface area (Å²) >= 11 is 0. The average Bonchev–Trinajstić information content (AvgIpc) is 2.62. The number of aromatic nitrogens is 1. The number of carbonyl (C=O) groups excluding carboxylic acids is 1. The van der Waals surface area contributed by atoms with Crippen LogP contribution >= 0.6 is 0 Å². The minimum atomic E-state index is -0.360. The number of halogens is 1. The Bertz CT molecular complexity index is 718. The summed E-state index contributed by atoms with van der Waals surface area (Å²) in [5.74, 6) is -0.315. The zero-order valence-electron chi connectivity index (χ0n) is 13.8. The SMILES string of the molecule is O=C(NCc1ccc(N2CCC(O)CC2)c(F)c1)Nc1ccncc1. The highest BCUT2D eigenvalue weighted by Gasteiger charge is 2.19. The fourth-order valence-electron chi connectivity index (χ4n) is 2.82. The average molecular weight is 344 g/mol. The molecule has 1 aliphatic rings. The van der Waals surface area contributed by atoms with Crippen molar-refractivity contribution in [1.82, 2.24) is 10.3 Å². The van der Waals surface area contributed by atoms with Gasteiger partial charge in [-0.15, -0.1) is 0 Å². The molecule has 2 amide bonds. The normalized spacial score (nSPS) is 15.0. The van der Waals surface area contributed by atoms with E-state index in [1.807, 2.05) is 4.90 Å². The zero-order chi connectivity index (χ0) is 17.6. The van der Waals surface area contributed by atoms with Crippen LogP contribution in [0.3, 0.4) is 0 Å². The summed E-state index contributed by atoms with van der Waals surface area (Å²) in [7, 11) is 0. The highest BCUT2D eigenvalue weighted by Crippen LogP contribution is 2.24. The van der Waals surface area contributed by atoms with Gasteiger partial charge < -0.3 is 20.6 Å². The number of urea groups is 1. The lowest BCUT2D eigenvalue weighted by atomic mass is 10.1. The second-order valence-corrected chi connectivity index (χ2v) is 6.05. The van der Waals surface area contributed by atoms with Gasteiger partial charge in [0.2, 0.25) is 0 Å². The van der Waals surface area contributed by atoms with E-state index in [1.165, 1.54) is 6.07 Å². The maximum absolute atomic E-state index is 14.4. The Kier molecular flexibility index (Phi) is 5.45. The number of hydrogen-bond acceptors (Lipinski definition) is 4. The van der Waals surface area contributed by atoms with Crippen molar-refractivity contribution in [1.29, 1.82) is 0 Å². The fourth-order valence-corrected chi connectivity index (χ4v) is 2.82. The van der Waals surface area contributed by atoms with Crippen LogP contribution in [0, 0.1) is 5.82 Å². The standard InChI is InChI=1S/C18H21FN4O2/c19-16-11-13(1-2-17(16)23-9-5-15(24)6-10-23)12-21-18(25)22-14-3-7-20-8-4-14/h1-4,7-8,11,15,24H,5-6,9-10,12H2,(H2,20,21,22,25). The second-order valence-electron chi connectivity index (χ2n) is 6.05. The van der Waals surface area contributed by atoms with Crippen molar-refractivity contribution >= 4 is 17.4 Å². The van der Waals surface area contributed by atoms with Crippen LogP contribution in [0.1, 0.15) is 18.4 Å². The van der Waals surface area contributed by atoms with E-state index in [1.54, 1.807) is 36.7 Å². The van der Waals surface area contributed by atoms with Crippen LogP contribution in [0.25, 0.3) is 0 Å². The minimum absolute atomic E-state index is 0.229. The Morgan fingerprint density at radius 3 is 2.64 bits per heavy atom. The van der Waals surface area contributed by atoms with E-state index in [2.05, 4.69) is 15.6 Å². The summed E-state index contributed by atoms with van der Waals surface area (Å²) < 4.78 is 14.4. The number of benzene rings is 1. The molecule has 0 bridgehead atoms. The second kappa shape index (κ2) is 7.94. The molecule has 0 unspecified atom stereocenters. The minimum Gasteiger partial charge on any atom is -0.393 e. The molecule has 0 saturated carbocycles. The number of hydrogen-bond donors (Lipinski definition) is 3. The molecule has 6 nitrogen and oxygen atoms in total. The Morgan fingerprint density at radius 2 is 1.96 bits per heavy atom. The van der Waals surface area contributed by atoms with Crippen molar-refractivity contribution in [2.45, 2.75) is 25.5 Å². The molecule has 7 heteroatoms. The molecule has 3 N–H and O–H groups in total. The van der Waals surface area contributed by atoms with Crippen molar-refractivity contribution in [3.63, 3.8) is 0 Å². The lowest BCUT2D eigenvalue weighted by molar-refractivity contribution is 0.145. The monoisotopic (exact) mass is 344 g/mol. The van der Waals surface area contributed by atoms with E-state index in [-0.39, 0.29) is 24.5 Å². The molecule has 25 heavy (non-hydrogen) atoms. The maximum Gasteiger partial charge on any atom is 0.319 e. The molecule has 0 aliphatic carbocycles. The molecule has 2 heterocycles. The number of pyridine rings is 1. The number of anilines is 2. The van der Waals surface area contributed by atoms with Gasteiger partial charge in [-0.05, 0) is 42.7 Å². The van der Waals surface area contributed by atoms with Gasteiger partial charge in [-0.2, -0.15) is 0 Å². The van der Waals surface area contributed by atoms with E-state index in [0.717, 1.165) is 0 Å². The summed E-state index contributed by atoms with van der Waals surface area (Å²) in [6.45, 7) is 1.51. The molecular weight excluding hydrogens is 323 g/mol. The van der Waals surface area contributed by atoms with Crippen LogP contribution in [-0.2, 0) is 6.54 Å². The first-order chi connectivity index (χ1) is 12.1. The summed E-state index contributed by atoms with van der Waals surface area (Å²) in [4.78, 5) is 17.7. The Morgan fingerprint density at radius 1 is 1.24 bits per heavy atom. The van der Waals surface area contributed by atoms with E-state index in [4.69, 9.17) is 0 Å². The number of carbonyl (C=O) groups is 1. The molecule has 0 spiro atoms. The maximum atomic E-state index is 14.4. The molecule has 0 radical (unpaired) electrons. The van der Waals surface area contributed by atoms with Gasteiger partial charge in [-0.25, -0.2) is 9.18 Å². The fraction of sp³-hybridized carbons (Fsp3) is 0.333. The molecule has 0 atom stereocenters. The summed E-state index contributed by atoms with van der Waals surface area (Å²) in [6, 6.07) is 7.97. The van der Waals surface area contributed by atoms with Crippen molar-refractivity contribution in [3.8, 4) is 0 Å². The molecule has 1 aliphatic heterocycles. The number of nitrogens with one attached hydrogen (secondary N) is 2. The molecular formula is C18H21FN4O2. The third-order valence-electron chi connectivity index (χ3n) is 4.21. The first kappa shape index (κ1) is 17.2. The van der Waals surface area contributed by atoms with Crippen LogP contribution in [0.15, 0.2) is 42.7 Å². The number of nitrogens with zero attached hydrogens (tertiary/aromatic N) is 2. The first-order valence-electron chi connectivity index (χ1n) is 8.28. The highest BCUT2D eigenvalue weighted by atomic mass is 19.1. The number of amides is 2. The van der Waals surface area contributed by atoms with E-state index in [0.29, 0.717) is 42.9 Å². The summed E-state index contributed by atoms with van der Waals surface area (Å²) in [6.07, 6.45) is 4.18. The third-order valence-corrected chi connectivity index (χ3v) is 4.21. The van der Waals surface area contributed by atoms with E-state index >= 15 is 0 Å². The largest absolute Gasteiger partial charge is 0.393 e. The van der Waals surface area contributed by atoms with Gasteiger partial charge >= 0.3 is 6.03 Å². The molecule has 1 aromatic carbocycles. The Hall–Kier alpha value is -2.67. The quantitative estimate of drug-likeness (QED) is 0.796. The molecule has 132 valence electrons. The van der Waals surface area contributed by atoms with E-state index < -0.39 is 0 Å². The third kappa shape index (κ3) is 4.67. The Balaban J connectivity index is 1.55. The van der Waals surface area contributed by atoms with Gasteiger partial charge in [0, 0.05) is 37.7 Å². The lowest BCUT2D eigenvalue weighted by Gasteiger charge is -2.31. The van der Waals surface area contributed by atoms with Crippen LogP contribution in [0.2, 0.25) is 0 Å². The summed E-state index contributed by atoms with van der Waals surface area (Å²) in [5.41, 5.74) is 1.86. The predicted molar refractivity (Wildman–Crippen MR) is 93.9 cm³/mol. The van der Waals surface area contributed by atoms with Crippen molar-refractivity contribution < 1.29 is 14.3 Å². The van der Waals surface area contributed by atoms with Gasteiger partial charge in [-0.1, -0.05) is 6.07 Å². The lowest BCUT2D eigenvalue weighted by Crippen LogP contribution is -2.36. The first-order valence-corrected chi connectivity index (χ1v) is 8.28. The van der Waals surface area contributed by atoms with Gasteiger partial charge in [0.15, 0.2) is 0 Å². The molecule has 1 aromatic heterocycles. The van der Waals surface area contributed by atoms with Crippen LogP contribution < -0.4 is 15.5 Å². The predicted octanol–water partition coefficient (Wildman–Crippen LogP) is 2.50. The molecule has 2 aromatic rings. The van der Waals surface area contributed by atoms with Gasteiger partial charge in [0.05, 0.1) is 11.8 Å². The smallest absolute Gasteiger partial charge is 0.319 e. The molecule has 3 rings (SSSR count). The van der Waals surface area contributed by atoms with Crippen LogP contribution in [-0.4, -0.2) is 35.3 Å². The number of rotatable bonds is 4. The van der Waals surface area contributed by atoms with Gasteiger partial charge in [-0.3, -0.25) is 4.98 Å². The topological polar surface area (TPSA) is 77.5 Å². The zero-order valence-corrected chi connectivity index (χ0v) is 13.8. The Labute approximate surface area is 145 Å². The van der Waals surface area contributed by atoms with Crippen LogP contribution in [0.4, 0.5) is 20.6 Å². The van der Waals surface area contributed by atoms with Crippen molar-refractivity contribution in [2.24, 2.45) is 0 Å². The number of aliphatic hydroxyl groups is 1. The van der Waals surface area contributed by atoms with Crippen molar-refractivity contribution in [2.75, 3.05) is 23.3 Å². The number of aliphatic hydroxyl groups excluding tert-OH is 1. The van der Waals surface area contributed by atoms with Crippen LogP contribution in [0.5, 0.6) is 0 Å². The van der Waals surface area contributed by atoms with Gasteiger partial charge in [0.25, 0.3) is 0 Å². The number of piperidine rings is 1. The molecule has 1 fully saturated rings. The van der Waals surface area contributed by atoms with E-state index in [9.17, 15) is 14.3 Å². The van der Waals surface area contributed by atoms with Crippen molar-refractivity contribution in [3.05, 3.63) is 54.1 Å². The summed E-state index contributed by atoms with van der Waals surface area (Å²) in [5, 5.41) is 14.9. The molecule has 1 saturated heterocycles.